The highest BCUT2D eigenvalue weighted by atomic mass is 35.5. The fraction of sp³-hybridized carbons (Fsp3) is 0.389. The lowest BCUT2D eigenvalue weighted by Gasteiger charge is -2.20. The maximum atomic E-state index is 12.7. The monoisotopic (exact) mass is 362 g/mol. The van der Waals surface area contributed by atoms with Gasteiger partial charge in [0.1, 0.15) is 0 Å². The number of aromatic nitrogens is 2. The van der Waals surface area contributed by atoms with E-state index < -0.39 is 0 Å². The molecule has 0 atom stereocenters. The number of nitrogens with one attached hydrogen (secondary N) is 1. The summed E-state index contributed by atoms with van der Waals surface area (Å²) in [5.41, 5.74) is 1.13. The fourth-order valence-electron chi connectivity index (χ4n) is 2.40. The molecule has 1 aromatic carbocycles. The zero-order valence-corrected chi connectivity index (χ0v) is 15.3. The maximum Gasteiger partial charge on any atom is 0.257 e. The van der Waals surface area contributed by atoms with Crippen LogP contribution in [0.2, 0.25) is 5.02 Å². The van der Waals surface area contributed by atoms with Crippen LogP contribution in [-0.2, 0) is 4.79 Å². The van der Waals surface area contributed by atoms with Gasteiger partial charge in [0.05, 0.1) is 29.0 Å². The van der Waals surface area contributed by atoms with Crippen LogP contribution in [-0.4, -0.2) is 46.1 Å². The van der Waals surface area contributed by atoms with Crippen molar-refractivity contribution in [1.82, 2.24) is 20.0 Å². The average Bonchev–Trinajstić information content (AvgIpc) is 3.09. The fourth-order valence-corrected chi connectivity index (χ4v) is 2.62. The summed E-state index contributed by atoms with van der Waals surface area (Å²) in [6.07, 6.45) is 4.76. The van der Waals surface area contributed by atoms with Crippen molar-refractivity contribution in [3.8, 4) is 5.69 Å². The molecule has 25 heavy (non-hydrogen) atoms. The van der Waals surface area contributed by atoms with Gasteiger partial charge in [0.2, 0.25) is 5.91 Å². The van der Waals surface area contributed by atoms with Crippen molar-refractivity contribution in [2.24, 2.45) is 0 Å². The van der Waals surface area contributed by atoms with Gasteiger partial charge >= 0.3 is 0 Å². The average molecular weight is 363 g/mol. The Labute approximate surface area is 152 Å². The molecular weight excluding hydrogens is 340 g/mol. The van der Waals surface area contributed by atoms with Crippen LogP contribution >= 0.6 is 11.6 Å². The summed E-state index contributed by atoms with van der Waals surface area (Å²) in [6, 6.07) is 7.28. The Morgan fingerprint density at radius 2 is 2.00 bits per heavy atom. The molecule has 0 aliphatic rings. The van der Waals surface area contributed by atoms with E-state index in [0.29, 0.717) is 29.4 Å². The van der Waals surface area contributed by atoms with Crippen molar-refractivity contribution in [2.45, 2.75) is 26.7 Å². The Morgan fingerprint density at radius 3 is 2.68 bits per heavy atom. The van der Waals surface area contributed by atoms with Gasteiger partial charge in [-0.15, -0.1) is 0 Å². The second-order valence-corrected chi connectivity index (χ2v) is 6.11. The van der Waals surface area contributed by atoms with Crippen LogP contribution in [0.25, 0.3) is 5.69 Å². The summed E-state index contributed by atoms with van der Waals surface area (Å²) in [5, 5.41) is 7.57. The summed E-state index contributed by atoms with van der Waals surface area (Å²) < 4.78 is 1.57. The summed E-state index contributed by atoms with van der Waals surface area (Å²) in [6.45, 7) is 5.12. The molecule has 1 heterocycles. The van der Waals surface area contributed by atoms with Gasteiger partial charge in [-0.3, -0.25) is 9.59 Å². The van der Waals surface area contributed by atoms with Crippen LogP contribution in [0.3, 0.4) is 0 Å². The molecule has 6 nitrogen and oxygen atoms in total. The number of hydrogen-bond acceptors (Lipinski definition) is 3. The number of rotatable bonds is 8. The summed E-state index contributed by atoms with van der Waals surface area (Å²) in [4.78, 5) is 26.2. The number of amides is 2. The highest BCUT2D eigenvalue weighted by molar-refractivity contribution is 6.32. The van der Waals surface area contributed by atoms with Crippen LogP contribution < -0.4 is 5.32 Å². The lowest BCUT2D eigenvalue weighted by Crippen LogP contribution is -2.41. The molecule has 2 aromatic rings. The quantitative estimate of drug-likeness (QED) is 0.785. The van der Waals surface area contributed by atoms with Gasteiger partial charge in [-0.1, -0.05) is 37.6 Å². The first-order valence-corrected chi connectivity index (χ1v) is 8.80. The van der Waals surface area contributed by atoms with E-state index in [1.807, 2.05) is 32.0 Å². The van der Waals surface area contributed by atoms with Crippen LogP contribution in [0.1, 0.15) is 37.0 Å². The van der Waals surface area contributed by atoms with E-state index in [9.17, 15) is 9.59 Å². The standard InChI is InChI=1S/C18H23ClN4O2/c1-3-9-20-17(24)13-22(10-4-2)18(25)14-11-21-23(12-14)16-8-6-5-7-15(16)19/h5-8,11-12H,3-4,9-10,13H2,1-2H3,(H,20,24). The lowest BCUT2D eigenvalue weighted by atomic mass is 10.2. The Bertz CT molecular complexity index is 729. The third-order valence-corrected chi connectivity index (χ3v) is 3.94. The summed E-state index contributed by atoms with van der Waals surface area (Å²) >= 11 is 6.17. The molecule has 0 radical (unpaired) electrons. The van der Waals surface area contributed by atoms with Gasteiger partial charge in [0.15, 0.2) is 0 Å². The lowest BCUT2D eigenvalue weighted by molar-refractivity contribution is -0.121. The molecule has 0 unspecified atom stereocenters. The molecule has 0 aliphatic carbocycles. The smallest absolute Gasteiger partial charge is 0.257 e. The molecule has 2 amide bonds. The van der Waals surface area contributed by atoms with Crippen molar-refractivity contribution >= 4 is 23.4 Å². The number of carbonyl (C=O) groups is 2. The van der Waals surface area contributed by atoms with E-state index in [0.717, 1.165) is 12.8 Å². The van der Waals surface area contributed by atoms with E-state index >= 15 is 0 Å². The highest BCUT2D eigenvalue weighted by Crippen LogP contribution is 2.19. The number of nitrogens with zero attached hydrogens (tertiary/aromatic N) is 3. The minimum atomic E-state index is -0.216. The summed E-state index contributed by atoms with van der Waals surface area (Å²) in [7, 11) is 0. The molecule has 0 spiro atoms. The molecule has 0 saturated heterocycles. The predicted octanol–water partition coefficient (Wildman–Crippen LogP) is 2.90. The van der Waals surface area contributed by atoms with Gasteiger partial charge in [0, 0.05) is 19.3 Å². The number of carbonyl (C=O) groups excluding carboxylic acids is 2. The van der Waals surface area contributed by atoms with Crippen LogP contribution in [0.5, 0.6) is 0 Å². The topological polar surface area (TPSA) is 67.2 Å². The van der Waals surface area contributed by atoms with E-state index in [-0.39, 0.29) is 18.4 Å². The van der Waals surface area contributed by atoms with E-state index in [1.54, 1.807) is 21.8 Å². The first-order chi connectivity index (χ1) is 12.1. The predicted molar refractivity (Wildman–Crippen MR) is 98.1 cm³/mol. The largest absolute Gasteiger partial charge is 0.355 e. The van der Waals surface area contributed by atoms with E-state index in [2.05, 4.69) is 10.4 Å². The zero-order chi connectivity index (χ0) is 18.2. The van der Waals surface area contributed by atoms with Crippen molar-refractivity contribution in [1.29, 1.82) is 0 Å². The third-order valence-electron chi connectivity index (χ3n) is 3.62. The summed E-state index contributed by atoms with van der Waals surface area (Å²) in [5.74, 6) is -0.367. The van der Waals surface area contributed by atoms with Crippen LogP contribution in [0.4, 0.5) is 0 Å². The van der Waals surface area contributed by atoms with E-state index in [1.165, 1.54) is 6.20 Å². The molecule has 7 heteroatoms. The number of para-hydroxylation sites is 1. The first-order valence-electron chi connectivity index (χ1n) is 8.42. The van der Waals surface area contributed by atoms with Crippen LogP contribution in [0, 0.1) is 0 Å². The number of halogens is 1. The Hall–Kier alpha value is -2.34. The normalized spacial score (nSPS) is 10.5. The molecule has 134 valence electrons. The SMILES string of the molecule is CCCNC(=O)CN(CCC)C(=O)c1cnn(-c2ccccc2Cl)c1. The molecular formula is C18H23ClN4O2. The second kappa shape index (κ2) is 9.22. The van der Waals surface area contributed by atoms with E-state index in [4.69, 9.17) is 11.6 Å². The molecule has 0 bridgehead atoms. The van der Waals surface area contributed by atoms with Crippen molar-refractivity contribution < 1.29 is 9.59 Å². The number of benzene rings is 1. The molecule has 0 aliphatic heterocycles. The molecule has 2 rings (SSSR count). The Kier molecular flexibility index (Phi) is 7.01. The third kappa shape index (κ3) is 5.06. The maximum absolute atomic E-state index is 12.7. The van der Waals surface area contributed by atoms with Crippen LogP contribution in [0.15, 0.2) is 36.7 Å². The van der Waals surface area contributed by atoms with Gasteiger partial charge in [-0.25, -0.2) is 4.68 Å². The molecule has 1 N–H and O–H groups in total. The zero-order valence-electron chi connectivity index (χ0n) is 14.5. The number of hydrogen-bond donors (Lipinski definition) is 1. The van der Waals surface area contributed by atoms with Gasteiger partial charge in [-0.05, 0) is 25.0 Å². The minimum absolute atomic E-state index is 0.0456. The Balaban J connectivity index is 2.14. The second-order valence-electron chi connectivity index (χ2n) is 5.70. The molecule has 0 saturated carbocycles. The minimum Gasteiger partial charge on any atom is -0.355 e. The van der Waals surface area contributed by atoms with Gasteiger partial charge < -0.3 is 10.2 Å². The molecule has 0 fully saturated rings. The van der Waals surface area contributed by atoms with Gasteiger partial charge in [-0.2, -0.15) is 5.10 Å². The molecule has 1 aromatic heterocycles. The van der Waals surface area contributed by atoms with Gasteiger partial charge in [0.25, 0.3) is 5.91 Å². The highest BCUT2D eigenvalue weighted by Gasteiger charge is 2.20. The van der Waals surface area contributed by atoms with Crippen molar-refractivity contribution in [3.05, 3.63) is 47.2 Å². The Morgan fingerprint density at radius 1 is 1.24 bits per heavy atom. The van der Waals surface area contributed by atoms with Crippen molar-refractivity contribution in [2.75, 3.05) is 19.6 Å². The van der Waals surface area contributed by atoms with Crippen molar-refractivity contribution in [3.63, 3.8) is 0 Å². The first kappa shape index (κ1) is 19.0.